The molecule has 1 aromatic carbocycles. The fourth-order valence-corrected chi connectivity index (χ4v) is 3.02. The molecule has 1 aromatic rings. The van der Waals surface area contributed by atoms with Gasteiger partial charge in [-0.05, 0) is 18.2 Å². The van der Waals surface area contributed by atoms with E-state index >= 15 is 0 Å². The summed E-state index contributed by atoms with van der Waals surface area (Å²) in [6.45, 7) is -0.693. The lowest BCUT2D eigenvalue weighted by molar-refractivity contribution is -0.139. The maximum absolute atomic E-state index is 13.5. The Labute approximate surface area is 115 Å². The normalized spacial score (nSPS) is 12.2. The standard InChI is InChI=1S/C10H12FNO6S2/c1-18-10(13)6-12-20(16,17)9-5-7(19(2,14)15)3-4-8(9)11/h3-5,12H,6H2,1-2H3. The van der Waals surface area contributed by atoms with Crippen LogP contribution in [0.4, 0.5) is 4.39 Å². The molecule has 0 atom stereocenters. The fourth-order valence-electron chi connectivity index (χ4n) is 1.22. The highest BCUT2D eigenvalue weighted by atomic mass is 32.2. The van der Waals surface area contributed by atoms with Crippen LogP contribution >= 0.6 is 0 Å². The van der Waals surface area contributed by atoms with Crippen molar-refractivity contribution < 1.29 is 30.8 Å². The number of hydrogen-bond acceptors (Lipinski definition) is 6. The Morgan fingerprint density at radius 3 is 2.40 bits per heavy atom. The van der Waals surface area contributed by atoms with Crippen molar-refractivity contribution in [2.24, 2.45) is 0 Å². The molecule has 0 aliphatic rings. The summed E-state index contributed by atoms with van der Waals surface area (Å²) >= 11 is 0. The summed E-state index contributed by atoms with van der Waals surface area (Å²) in [4.78, 5) is 9.66. The van der Waals surface area contributed by atoms with Crippen molar-refractivity contribution in [3.63, 3.8) is 0 Å². The molecule has 0 radical (unpaired) electrons. The Balaban J connectivity index is 3.21. The fraction of sp³-hybridized carbons (Fsp3) is 0.300. The predicted molar refractivity (Wildman–Crippen MR) is 66.7 cm³/mol. The number of carbonyl (C=O) groups excluding carboxylic acids is 1. The van der Waals surface area contributed by atoms with E-state index in [1.54, 1.807) is 0 Å². The van der Waals surface area contributed by atoms with Crippen molar-refractivity contribution in [3.05, 3.63) is 24.0 Å². The van der Waals surface area contributed by atoms with E-state index in [1.165, 1.54) is 0 Å². The monoisotopic (exact) mass is 325 g/mol. The summed E-state index contributed by atoms with van der Waals surface area (Å²) in [7, 11) is -7.00. The second-order valence-corrected chi connectivity index (χ2v) is 7.52. The third kappa shape index (κ3) is 3.99. The van der Waals surface area contributed by atoms with Crippen LogP contribution in [0.15, 0.2) is 28.0 Å². The molecule has 0 amide bonds. The first-order valence-electron chi connectivity index (χ1n) is 5.14. The summed E-state index contributed by atoms with van der Waals surface area (Å²) in [5, 5.41) is 0. The maximum atomic E-state index is 13.5. The summed E-state index contributed by atoms with van der Waals surface area (Å²) in [6.07, 6.45) is 0.860. The lowest BCUT2D eigenvalue weighted by atomic mass is 10.3. The zero-order valence-corrected chi connectivity index (χ0v) is 12.2. The van der Waals surface area contributed by atoms with Gasteiger partial charge in [-0.3, -0.25) is 4.79 Å². The van der Waals surface area contributed by atoms with Gasteiger partial charge in [0.05, 0.1) is 12.0 Å². The first-order valence-corrected chi connectivity index (χ1v) is 8.51. The number of benzene rings is 1. The summed E-state index contributed by atoms with van der Waals surface area (Å²) in [5.41, 5.74) is 0. The minimum Gasteiger partial charge on any atom is -0.468 e. The van der Waals surface area contributed by atoms with Gasteiger partial charge in [0.2, 0.25) is 10.0 Å². The third-order valence-electron chi connectivity index (χ3n) is 2.25. The van der Waals surface area contributed by atoms with Crippen LogP contribution in [0.2, 0.25) is 0 Å². The van der Waals surface area contributed by atoms with Crippen molar-refractivity contribution in [2.75, 3.05) is 19.9 Å². The van der Waals surface area contributed by atoms with Gasteiger partial charge in [0, 0.05) is 6.26 Å². The van der Waals surface area contributed by atoms with Crippen LogP contribution in [0.3, 0.4) is 0 Å². The van der Waals surface area contributed by atoms with Crippen molar-refractivity contribution in [1.82, 2.24) is 4.72 Å². The molecule has 0 aliphatic heterocycles. The number of rotatable bonds is 5. The van der Waals surface area contributed by atoms with E-state index in [2.05, 4.69) is 4.74 Å². The SMILES string of the molecule is COC(=O)CNS(=O)(=O)c1cc(S(C)(=O)=O)ccc1F. The largest absolute Gasteiger partial charge is 0.468 e. The van der Waals surface area contributed by atoms with Gasteiger partial charge in [0.15, 0.2) is 9.84 Å². The zero-order valence-electron chi connectivity index (χ0n) is 10.6. The van der Waals surface area contributed by atoms with Crippen molar-refractivity contribution in [3.8, 4) is 0 Å². The van der Waals surface area contributed by atoms with E-state index in [0.717, 1.165) is 25.5 Å². The molecule has 0 heterocycles. The van der Waals surface area contributed by atoms with Crippen LogP contribution in [0, 0.1) is 5.82 Å². The number of halogens is 1. The molecule has 1 rings (SSSR count). The highest BCUT2D eigenvalue weighted by molar-refractivity contribution is 7.91. The molecular weight excluding hydrogens is 313 g/mol. The number of sulfone groups is 1. The Kier molecular flexibility index (Phi) is 4.84. The minimum atomic E-state index is -4.37. The smallest absolute Gasteiger partial charge is 0.320 e. The van der Waals surface area contributed by atoms with E-state index in [4.69, 9.17) is 0 Å². The number of hydrogen-bond donors (Lipinski definition) is 1. The maximum Gasteiger partial charge on any atom is 0.320 e. The van der Waals surface area contributed by atoms with Gasteiger partial charge in [-0.1, -0.05) is 0 Å². The minimum absolute atomic E-state index is 0.350. The average Bonchev–Trinajstić information content (AvgIpc) is 2.34. The number of methoxy groups -OCH3 is 1. The number of carbonyl (C=O) groups is 1. The highest BCUT2D eigenvalue weighted by Crippen LogP contribution is 2.19. The number of nitrogens with one attached hydrogen (secondary N) is 1. The first kappa shape index (κ1) is 16.5. The Hall–Kier alpha value is -1.52. The second kappa shape index (κ2) is 5.85. The Morgan fingerprint density at radius 2 is 1.90 bits per heavy atom. The van der Waals surface area contributed by atoms with Crippen molar-refractivity contribution in [1.29, 1.82) is 0 Å². The molecule has 20 heavy (non-hydrogen) atoms. The molecule has 0 aliphatic carbocycles. The molecule has 0 spiro atoms. The van der Waals surface area contributed by atoms with Crippen LogP contribution in [0.5, 0.6) is 0 Å². The topological polar surface area (TPSA) is 107 Å². The molecule has 0 unspecified atom stereocenters. The summed E-state index contributed by atoms with van der Waals surface area (Å²) in [6, 6.07) is 2.36. The van der Waals surface area contributed by atoms with E-state index in [-0.39, 0.29) is 4.90 Å². The van der Waals surface area contributed by atoms with Crippen LogP contribution in [-0.4, -0.2) is 42.7 Å². The number of esters is 1. The first-order chi connectivity index (χ1) is 9.08. The van der Waals surface area contributed by atoms with E-state index in [1.807, 2.05) is 4.72 Å². The molecular formula is C10H12FNO6S2. The second-order valence-electron chi connectivity index (χ2n) is 3.77. The molecule has 0 saturated heterocycles. The molecule has 7 nitrogen and oxygen atoms in total. The zero-order chi connectivity index (χ0) is 15.6. The van der Waals surface area contributed by atoms with Crippen LogP contribution in [0.25, 0.3) is 0 Å². The Bertz CT molecular complexity index is 726. The molecule has 0 bridgehead atoms. The molecule has 112 valence electrons. The van der Waals surface area contributed by atoms with Gasteiger partial charge < -0.3 is 4.74 Å². The van der Waals surface area contributed by atoms with Crippen LogP contribution in [0.1, 0.15) is 0 Å². The lowest BCUT2D eigenvalue weighted by Crippen LogP contribution is -2.31. The van der Waals surface area contributed by atoms with Gasteiger partial charge in [0.25, 0.3) is 0 Å². The molecule has 0 saturated carbocycles. The number of ether oxygens (including phenoxy) is 1. The Morgan fingerprint density at radius 1 is 1.30 bits per heavy atom. The molecule has 10 heteroatoms. The molecule has 0 aromatic heterocycles. The molecule has 1 N–H and O–H groups in total. The highest BCUT2D eigenvalue weighted by Gasteiger charge is 2.22. The van der Waals surface area contributed by atoms with Crippen LogP contribution in [-0.2, 0) is 29.4 Å². The average molecular weight is 325 g/mol. The van der Waals surface area contributed by atoms with Gasteiger partial charge >= 0.3 is 5.97 Å². The van der Waals surface area contributed by atoms with Crippen LogP contribution < -0.4 is 4.72 Å². The van der Waals surface area contributed by atoms with Gasteiger partial charge in [0.1, 0.15) is 17.3 Å². The van der Waals surface area contributed by atoms with Crippen molar-refractivity contribution in [2.45, 2.75) is 9.79 Å². The summed E-state index contributed by atoms with van der Waals surface area (Å²) in [5.74, 6) is -2.00. The summed E-state index contributed by atoms with van der Waals surface area (Å²) < 4.78 is 65.8. The van der Waals surface area contributed by atoms with E-state index in [9.17, 15) is 26.0 Å². The number of sulfonamides is 1. The van der Waals surface area contributed by atoms with E-state index < -0.39 is 43.1 Å². The lowest BCUT2D eigenvalue weighted by Gasteiger charge is -2.08. The molecule has 0 fully saturated rings. The van der Waals surface area contributed by atoms with E-state index in [0.29, 0.717) is 6.07 Å². The van der Waals surface area contributed by atoms with Gasteiger partial charge in [-0.25, -0.2) is 21.2 Å². The third-order valence-corrected chi connectivity index (χ3v) is 4.78. The van der Waals surface area contributed by atoms with Crippen molar-refractivity contribution >= 4 is 25.8 Å². The van der Waals surface area contributed by atoms with Gasteiger partial charge in [-0.2, -0.15) is 4.72 Å². The quantitative estimate of drug-likeness (QED) is 0.587. The predicted octanol–water partition coefficient (Wildman–Crippen LogP) is -0.319. The van der Waals surface area contributed by atoms with Gasteiger partial charge in [-0.15, -0.1) is 0 Å².